The highest BCUT2D eigenvalue weighted by molar-refractivity contribution is 6.51. The summed E-state index contributed by atoms with van der Waals surface area (Å²) in [5, 5.41) is 11.3. The first kappa shape index (κ1) is 23.3. The van der Waals surface area contributed by atoms with Gasteiger partial charge in [0.1, 0.15) is 11.5 Å². The van der Waals surface area contributed by atoms with Crippen LogP contribution in [0.25, 0.3) is 5.76 Å². The molecule has 1 fully saturated rings. The number of ketones is 1. The molecule has 3 aromatic rings. The lowest BCUT2D eigenvalue weighted by Gasteiger charge is -2.25. The fraction of sp³-hybridized carbons (Fsp3) is 0.214. The number of nitrogens with zero attached hydrogens (tertiary/aromatic N) is 2. The third-order valence-corrected chi connectivity index (χ3v) is 6.11. The van der Waals surface area contributed by atoms with E-state index in [2.05, 4.69) is 4.98 Å². The van der Waals surface area contributed by atoms with Crippen LogP contribution in [0.4, 0.5) is 5.69 Å². The first-order chi connectivity index (χ1) is 17.3. The molecule has 0 radical (unpaired) electrons. The summed E-state index contributed by atoms with van der Waals surface area (Å²) in [7, 11) is 0. The van der Waals surface area contributed by atoms with Crippen molar-refractivity contribution in [2.45, 2.75) is 32.4 Å². The number of rotatable bonds is 5. The summed E-state index contributed by atoms with van der Waals surface area (Å²) in [5.41, 5.74) is 2.39. The fourth-order valence-corrected chi connectivity index (χ4v) is 4.51. The van der Waals surface area contributed by atoms with Crippen molar-refractivity contribution in [2.75, 3.05) is 11.5 Å². The Kier molecular flexibility index (Phi) is 6.01. The van der Waals surface area contributed by atoms with E-state index < -0.39 is 23.7 Å². The van der Waals surface area contributed by atoms with Gasteiger partial charge in [-0.05, 0) is 67.4 Å². The normalized spacial score (nSPS) is 18.3. The molecule has 0 bridgehead atoms. The molecule has 0 aliphatic carbocycles. The molecule has 182 valence electrons. The Bertz CT molecular complexity index is 1400. The Balaban J connectivity index is 1.64. The van der Waals surface area contributed by atoms with E-state index >= 15 is 0 Å². The van der Waals surface area contributed by atoms with Crippen molar-refractivity contribution in [3.05, 3.63) is 94.8 Å². The number of benzene rings is 2. The van der Waals surface area contributed by atoms with Gasteiger partial charge in [0.15, 0.2) is 0 Å². The molecule has 0 spiro atoms. The number of aliphatic hydroxyl groups is 1. The molecule has 1 unspecified atom stereocenters. The number of hydrogen-bond donors (Lipinski definition) is 1. The van der Waals surface area contributed by atoms with Crippen LogP contribution in [0, 0.1) is 0 Å². The predicted octanol–water partition coefficient (Wildman–Crippen LogP) is 4.21. The van der Waals surface area contributed by atoms with Crippen LogP contribution >= 0.6 is 0 Å². The van der Waals surface area contributed by atoms with Gasteiger partial charge in [0.25, 0.3) is 11.7 Å². The summed E-state index contributed by atoms with van der Waals surface area (Å²) in [6.45, 7) is 4.04. The number of pyridine rings is 1. The highest BCUT2D eigenvalue weighted by Gasteiger charge is 2.47. The number of anilines is 1. The molecule has 2 aliphatic heterocycles. The number of carbonyl (C=O) groups excluding carboxylic acids is 3. The molecule has 1 aromatic heterocycles. The third kappa shape index (κ3) is 4.11. The van der Waals surface area contributed by atoms with Crippen LogP contribution in [0.3, 0.4) is 0 Å². The van der Waals surface area contributed by atoms with E-state index in [-0.39, 0.29) is 23.0 Å². The van der Waals surface area contributed by atoms with Crippen LogP contribution in [0.1, 0.15) is 46.9 Å². The molecule has 1 N–H and O–H groups in total. The van der Waals surface area contributed by atoms with Crippen LogP contribution in [-0.2, 0) is 20.7 Å². The number of Topliss-reactive ketones (excluding diaryl/α,β-unsaturated/α-hetero) is 1. The maximum Gasteiger partial charge on any atom is 0.338 e. The zero-order valence-corrected chi connectivity index (χ0v) is 19.8. The minimum atomic E-state index is -0.945. The molecule has 36 heavy (non-hydrogen) atoms. The van der Waals surface area contributed by atoms with Crippen LogP contribution in [0.5, 0.6) is 5.75 Å². The zero-order chi connectivity index (χ0) is 25.4. The summed E-state index contributed by atoms with van der Waals surface area (Å²) in [5.74, 6) is -1.73. The van der Waals surface area contributed by atoms with Gasteiger partial charge in [-0.15, -0.1) is 0 Å². The Morgan fingerprint density at radius 1 is 1.11 bits per heavy atom. The van der Waals surface area contributed by atoms with Crippen molar-refractivity contribution in [1.82, 2.24) is 4.98 Å². The van der Waals surface area contributed by atoms with Crippen molar-refractivity contribution in [3.8, 4) is 5.75 Å². The van der Waals surface area contributed by atoms with Crippen LogP contribution in [0.15, 0.2) is 72.6 Å². The number of carbonyl (C=O) groups is 3. The van der Waals surface area contributed by atoms with Crippen molar-refractivity contribution < 1.29 is 29.0 Å². The fourth-order valence-electron chi connectivity index (χ4n) is 4.51. The van der Waals surface area contributed by atoms with Crippen molar-refractivity contribution in [2.24, 2.45) is 0 Å². The van der Waals surface area contributed by atoms with Gasteiger partial charge in [-0.25, -0.2) is 4.79 Å². The van der Waals surface area contributed by atoms with Gasteiger partial charge in [-0.1, -0.05) is 12.1 Å². The number of ether oxygens (including phenoxy) is 2. The smallest absolute Gasteiger partial charge is 0.338 e. The van der Waals surface area contributed by atoms with E-state index in [9.17, 15) is 19.5 Å². The Morgan fingerprint density at radius 3 is 2.69 bits per heavy atom. The monoisotopic (exact) mass is 484 g/mol. The molecular weight excluding hydrogens is 460 g/mol. The average molecular weight is 485 g/mol. The minimum absolute atomic E-state index is 0.0537. The van der Waals surface area contributed by atoms with E-state index in [1.807, 2.05) is 0 Å². The van der Waals surface area contributed by atoms with Gasteiger partial charge < -0.3 is 14.6 Å². The van der Waals surface area contributed by atoms with Crippen LogP contribution in [-0.4, -0.2) is 40.5 Å². The van der Waals surface area contributed by atoms with Crippen molar-refractivity contribution >= 4 is 29.1 Å². The van der Waals surface area contributed by atoms with Gasteiger partial charge >= 0.3 is 5.97 Å². The molecule has 1 atom stereocenters. The van der Waals surface area contributed by atoms with Gasteiger partial charge in [0.05, 0.1) is 29.9 Å². The lowest BCUT2D eigenvalue weighted by atomic mass is 9.95. The van der Waals surface area contributed by atoms with E-state index in [1.54, 1.807) is 74.8 Å². The zero-order valence-electron chi connectivity index (χ0n) is 19.8. The number of amides is 1. The molecular formula is C28H24N2O6. The van der Waals surface area contributed by atoms with Gasteiger partial charge in [0.2, 0.25) is 0 Å². The molecule has 1 amide bonds. The third-order valence-electron chi connectivity index (χ3n) is 6.11. The predicted molar refractivity (Wildman–Crippen MR) is 132 cm³/mol. The van der Waals surface area contributed by atoms with Crippen LogP contribution in [0.2, 0.25) is 0 Å². The Hall–Kier alpha value is -4.46. The van der Waals surface area contributed by atoms with Crippen LogP contribution < -0.4 is 9.64 Å². The highest BCUT2D eigenvalue weighted by atomic mass is 16.5. The summed E-state index contributed by atoms with van der Waals surface area (Å²) in [4.78, 5) is 44.6. The molecule has 3 heterocycles. The Morgan fingerprint density at radius 2 is 1.94 bits per heavy atom. The number of fused-ring (bicyclic) bond motifs is 1. The summed E-state index contributed by atoms with van der Waals surface area (Å²) < 4.78 is 10.8. The number of esters is 1. The van der Waals surface area contributed by atoms with Gasteiger partial charge in [-0.3, -0.25) is 19.5 Å². The quantitative estimate of drug-likeness (QED) is 0.250. The summed E-state index contributed by atoms with van der Waals surface area (Å²) >= 11 is 0. The standard InChI is InChI=1S/C28H24N2O6/c1-16(2)36-28(34)19-5-3-7-21(14-19)30-24(20-6-4-11-29-15-20)23(26(32)27(30)33)25(31)18-8-9-22-17(13-18)10-12-35-22/h3-9,11,13-16,24,31H,10,12H2,1-2H3/b25-23-. The number of aromatic nitrogens is 1. The van der Waals surface area contributed by atoms with Gasteiger partial charge in [-0.2, -0.15) is 0 Å². The lowest BCUT2D eigenvalue weighted by molar-refractivity contribution is -0.132. The summed E-state index contributed by atoms with van der Waals surface area (Å²) in [6, 6.07) is 14.0. The SMILES string of the molecule is CC(C)OC(=O)c1cccc(N2C(=O)C(=O)/C(=C(\O)c3ccc4c(c3)CCO4)C2c2cccnc2)c1. The number of hydrogen-bond acceptors (Lipinski definition) is 7. The molecule has 1 saturated heterocycles. The molecule has 8 nitrogen and oxygen atoms in total. The average Bonchev–Trinajstić information content (AvgIpc) is 3.45. The second-order valence-electron chi connectivity index (χ2n) is 8.88. The number of aliphatic hydroxyl groups excluding tert-OH is 1. The van der Waals surface area contributed by atoms with E-state index in [0.29, 0.717) is 29.8 Å². The maximum atomic E-state index is 13.4. The maximum absolute atomic E-state index is 13.4. The van der Waals surface area contributed by atoms with E-state index in [0.717, 1.165) is 11.3 Å². The second-order valence-corrected chi connectivity index (χ2v) is 8.88. The van der Waals surface area contributed by atoms with Crippen molar-refractivity contribution in [1.29, 1.82) is 0 Å². The minimum Gasteiger partial charge on any atom is -0.507 e. The van der Waals surface area contributed by atoms with E-state index in [4.69, 9.17) is 9.47 Å². The molecule has 5 rings (SSSR count). The molecule has 2 aliphatic rings. The lowest BCUT2D eigenvalue weighted by Crippen LogP contribution is -2.29. The van der Waals surface area contributed by atoms with Crippen molar-refractivity contribution in [3.63, 3.8) is 0 Å². The van der Waals surface area contributed by atoms with E-state index in [1.165, 1.54) is 11.0 Å². The Labute approximate surface area is 207 Å². The molecule has 8 heteroatoms. The highest BCUT2D eigenvalue weighted by Crippen LogP contribution is 2.42. The molecule has 2 aromatic carbocycles. The topological polar surface area (TPSA) is 106 Å². The second kappa shape index (κ2) is 9.30. The summed E-state index contributed by atoms with van der Waals surface area (Å²) in [6.07, 6.45) is 3.50. The first-order valence-corrected chi connectivity index (χ1v) is 11.6. The first-order valence-electron chi connectivity index (χ1n) is 11.6. The largest absolute Gasteiger partial charge is 0.507 e. The molecule has 0 saturated carbocycles. The van der Waals surface area contributed by atoms with Gasteiger partial charge in [0, 0.05) is 30.1 Å².